The highest BCUT2D eigenvalue weighted by Gasteiger charge is 2.14. The van der Waals surface area contributed by atoms with Crippen molar-refractivity contribution in [2.75, 3.05) is 13.1 Å². The van der Waals surface area contributed by atoms with Crippen LogP contribution < -0.4 is 5.32 Å². The van der Waals surface area contributed by atoms with E-state index in [2.05, 4.69) is 12.2 Å². The Balaban J connectivity index is 2.52. The van der Waals surface area contributed by atoms with Crippen molar-refractivity contribution < 1.29 is 13.9 Å². The third-order valence-corrected chi connectivity index (χ3v) is 2.39. The van der Waals surface area contributed by atoms with Crippen molar-refractivity contribution >= 4 is 0 Å². The number of hydrogen-bond acceptors (Lipinski definition) is 2. The van der Waals surface area contributed by atoms with Crippen molar-refractivity contribution in [3.8, 4) is 0 Å². The molecule has 0 heterocycles. The molecule has 1 aromatic carbocycles. The van der Waals surface area contributed by atoms with E-state index in [9.17, 15) is 13.9 Å². The second-order valence-corrected chi connectivity index (χ2v) is 3.72. The summed E-state index contributed by atoms with van der Waals surface area (Å²) >= 11 is 0. The molecule has 0 aliphatic rings. The third-order valence-electron chi connectivity index (χ3n) is 2.39. The standard InChI is InChI=1S/C12H17F2NO/c1-2-3-7-15-8-11(16)9-5-4-6-10(13)12(9)14/h4-6,11,15-16H,2-3,7-8H2,1H3. The van der Waals surface area contributed by atoms with Crippen LogP contribution in [0.5, 0.6) is 0 Å². The summed E-state index contributed by atoms with van der Waals surface area (Å²) in [6.07, 6.45) is 1.04. The van der Waals surface area contributed by atoms with Gasteiger partial charge in [0.05, 0.1) is 6.10 Å². The summed E-state index contributed by atoms with van der Waals surface area (Å²) in [6.45, 7) is 3.06. The van der Waals surface area contributed by atoms with Gasteiger partial charge in [-0.1, -0.05) is 25.5 Å². The monoisotopic (exact) mass is 229 g/mol. The van der Waals surface area contributed by atoms with Gasteiger partial charge < -0.3 is 10.4 Å². The molecule has 0 bridgehead atoms. The fourth-order valence-electron chi connectivity index (χ4n) is 1.43. The maximum absolute atomic E-state index is 13.3. The van der Waals surface area contributed by atoms with Crippen LogP contribution in [0.25, 0.3) is 0 Å². The largest absolute Gasteiger partial charge is 0.387 e. The van der Waals surface area contributed by atoms with E-state index in [1.807, 2.05) is 0 Å². The van der Waals surface area contributed by atoms with Crippen LogP contribution in [0.1, 0.15) is 31.4 Å². The Morgan fingerprint density at radius 2 is 2.12 bits per heavy atom. The summed E-state index contributed by atoms with van der Waals surface area (Å²) in [6, 6.07) is 3.82. The van der Waals surface area contributed by atoms with Crippen LogP contribution in [0.2, 0.25) is 0 Å². The lowest BCUT2D eigenvalue weighted by molar-refractivity contribution is 0.169. The first-order valence-electron chi connectivity index (χ1n) is 5.49. The first-order chi connectivity index (χ1) is 7.66. The summed E-state index contributed by atoms with van der Waals surface area (Å²) < 4.78 is 26.1. The van der Waals surface area contributed by atoms with Crippen LogP contribution in [0, 0.1) is 11.6 Å². The van der Waals surface area contributed by atoms with Gasteiger partial charge in [-0.15, -0.1) is 0 Å². The van der Waals surface area contributed by atoms with E-state index in [0.717, 1.165) is 25.5 Å². The van der Waals surface area contributed by atoms with Crippen molar-refractivity contribution in [3.63, 3.8) is 0 Å². The number of unbranched alkanes of at least 4 members (excludes halogenated alkanes) is 1. The van der Waals surface area contributed by atoms with Gasteiger partial charge in [-0.05, 0) is 19.0 Å². The van der Waals surface area contributed by atoms with Crippen molar-refractivity contribution in [3.05, 3.63) is 35.4 Å². The van der Waals surface area contributed by atoms with Crippen LogP contribution in [-0.4, -0.2) is 18.2 Å². The van der Waals surface area contributed by atoms with Gasteiger partial charge in [-0.25, -0.2) is 8.78 Å². The average Bonchev–Trinajstić information content (AvgIpc) is 2.28. The minimum atomic E-state index is -1.01. The molecule has 4 heteroatoms. The molecule has 1 rings (SSSR count). The molecule has 2 nitrogen and oxygen atoms in total. The topological polar surface area (TPSA) is 32.3 Å². The highest BCUT2D eigenvalue weighted by molar-refractivity contribution is 5.21. The minimum Gasteiger partial charge on any atom is -0.387 e. The molecule has 0 saturated carbocycles. The van der Waals surface area contributed by atoms with E-state index in [4.69, 9.17) is 0 Å². The minimum absolute atomic E-state index is 0.00370. The van der Waals surface area contributed by atoms with Gasteiger partial charge in [-0.2, -0.15) is 0 Å². The maximum Gasteiger partial charge on any atom is 0.164 e. The zero-order valence-corrected chi connectivity index (χ0v) is 9.34. The van der Waals surface area contributed by atoms with Crippen LogP contribution in [0.15, 0.2) is 18.2 Å². The Morgan fingerprint density at radius 1 is 1.38 bits per heavy atom. The van der Waals surface area contributed by atoms with Crippen molar-refractivity contribution in [2.45, 2.75) is 25.9 Å². The van der Waals surface area contributed by atoms with Gasteiger partial charge in [-0.3, -0.25) is 0 Å². The predicted molar refractivity (Wildman–Crippen MR) is 59.1 cm³/mol. The molecule has 0 radical (unpaired) electrons. The predicted octanol–water partition coefficient (Wildman–Crippen LogP) is 2.39. The molecule has 2 N–H and O–H groups in total. The summed E-state index contributed by atoms with van der Waals surface area (Å²) in [5.74, 6) is -1.89. The number of aliphatic hydroxyl groups is 1. The highest BCUT2D eigenvalue weighted by atomic mass is 19.2. The number of rotatable bonds is 6. The fraction of sp³-hybridized carbons (Fsp3) is 0.500. The number of halogens is 2. The molecule has 1 unspecified atom stereocenters. The Morgan fingerprint density at radius 3 is 2.81 bits per heavy atom. The molecule has 0 amide bonds. The molecule has 0 aromatic heterocycles. The van der Waals surface area contributed by atoms with Gasteiger partial charge >= 0.3 is 0 Å². The summed E-state index contributed by atoms with van der Waals surface area (Å²) in [7, 11) is 0. The quantitative estimate of drug-likeness (QED) is 0.734. The van der Waals surface area contributed by atoms with E-state index in [1.165, 1.54) is 12.1 Å². The number of benzene rings is 1. The van der Waals surface area contributed by atoms with Crippen LogP contribution in [0.3, 0.4) is 0 Å². The zero-order valence-electron chi connectivity index (χ0n) is 9.34. The Bertz CT molecular complexity index is 331. The lowest BCUT2D eigenvalue weighted by atomic mass is 10.1. The number of nitrogens with one attached hydrogen (secondary N) is 1. The molecule has 16 heavy (non-hydrogen) atoms. The molecule has 0 aliphatic heterocycles. The second-order valence-electron chi connectivity index (χ2n) is 3.72. The van der Waals surface area contributed by atoms with Gasteiger partial charge in [0.2, 0.25) is 0 Å². The molecular weight excluding hydrogens is 212 g/mol. The smallest absolute Gasteiger partial charge is 0.164 e. The van der Waals surface area contributed by atoms with Gasteiger partial charge in [0.25, 0.3) is 0 Å². The second kappa shape index (κ2) is 6.55. The van der Waals surface area contributed by atoms with Crippen molar-refractivity contribution in [1.29, 1.82) is 0 Å². The molecule has 0 fully saturated rings. The molecular formula is C12H17F2NO. The molecule has 1 atom stereocenters. The third kappa shape index (κ3) is 3.54. The molecule has 0 saturated heterocycles. The normalized spacial score (nSPS) is 12.8. The summed E-state index contributed by atoms with van der Waals surface area (Å²) in [5, 5.41) is 12.6. The Labute approximate surface area is 94.3 Å². The Kier molecular flexibility index (Phi) is 5.35. The molecule has 90 valence electrons. The van der Waals surface area contributed by atoms with Gasteiger partial charge in [0.15, 0.2) is 11.6 Å². The number of aliphatic hydroxyl groups excluding tert-OH is 1. The van der Waals surface area contributed by atoms with Gasteiger partial charge in [0.1, 0.15) is 0 Å². The van der Waals surface area contributed by atoms with Crippen LogP contribution in [0.4, 0.5) is 8.78 Å². The molecule has 0 aliphatic carbocycles. The lowest BCUT2D eigenvalue weighted by Gasteiger charge is -2.13. The summed E-state index contributed by atoms with van der Waals surface area (Å²) in [5.41, 5.74) is 0.00370. The van der Waals surface area contributed by atoms with Crippen molar-refractivity contribution in [1.82, 2.24) is 5.32 Å². The van der Waals surface area contributed by atoms with E-state index < -0.39 is 17.7 Å². The first kappa shape index (κ1) is 13.1. The first-order valence-corrected chi connectivity index (χ1v) is 5.49. The van der Waals surface area contributed by atoms with Crippen molar-refractivity contribution in [2.24, 2.45) is 0 Å². The van der Waals surface area contributed by atoms with Crippen LogP contribution in [-0.2, 0) is 0 Å². The SMILES string of the molecule is CCCCNCC(O)c1cccc(F)c1F. The van der Waals surface area contributed by atoms with E-state index in [0.29, 0.717) is 0 Å². The van der Waals surface area contributed by atoms with E-state index in [-0.39, 0.29) is 12.1 Å². The fourth-order valence-corrected chi connectivity index (χ4v) is 1.43. The average molecular weight is 229 g/mol. The Hall–Kier alpha value is -1.00. The van der Waals surface area contributed by atoms with E-state index in [1.54, 1.807) is 0 Å². The molecule has 1 aromatic rings. The summed E-state index contributed by atoms with van der Waals surface area (Å²) in [4.78, 5) is 0. The van der Waals surface area contributed by atoms with Crippen LogP contribution >= 0.6 is 0 Å². The highest BCUT2D eigenvalue weighted by Crippen LogP contribution is 2.18. The lowest BCUT2D eigenvalue weighted by Crippen LogP contribution is -2.23. The van der Waals surface area contributed by atoms with E-state index >= 15 is 0 Å². The number of hydrogen-bond donors (Lipinski definition) is 2. The van der Waals surface area contributed by atoms with Gasteiger partial charge in [0, 0.05) is 12.1 Å². The molecule has 0 spiro atoms. The zero-order chi connectivity index (χ0) is 12.0. The maximum atomic E-state index is 13.3.